The quantitative estimate of drug-likeness (QED) is 0.530. The van der Waals surface area contributed by atoms with Crippen LogP contribution < -0.4 is 9.64 Å². The molecule has 2 heterocycles. The molecule has 5 nitrogen and oxygen atoms in total. The Labute approximate surface area is 147 Å². The molecule has 0 unspecified atom stereocenters. The van der Waals surface area contributed by atoms with Crippen LogP contribution in [0.15, 0.2) is 42.5 Å². The summed E-state index contributed by atoms with van der Waals surface area (Å²) in [6.07, 6.45) is 0. The van der Waals surface area contributed by atoms with E-state index in [9.17, 15) is 9.18 Å². The minimum Gasteiger partial charge on any atom is -0.423 e. The molecular weight excluding hydrogens is 343 g/mol. The molecule has 1 fully saturated rings. The Bertz CT molecular complexity index is 904. The van der Waals surface area contributed by atoms with Crippen molar-refractivity contribution in [3.63, 3.8) is 0 Å². The second-order valence-corrected chi connectivity index (χ2v) is 6.63. The van der Waals surface area contributed by atoms with Crippen LogP contribution >= 0.6 is 11.3 Å². The molecule has 0 amide bonds. The fourth-order valence-corrected chi connectivity index (χ4v) is 3.64. The van der Waals surface area contributed by atoms with Crippen molar-refractivity contribution in [2.24, 2.45) is 0 Å². The van der Waals surface area contributed by atoms with Gasteiger partial charge < -0.3 is 14.4 Å². The monoisotopic (exact) mass is 358 g/mol. The van der Waals surface area contributed by atoms with Gasteiger partial charge in [0, 0.05) is 19.2 Å². The standard InChI is InChI=1S/C18H15FN2O3S/c19-13-3-1-12(2-4-13)17(22)24-14-5-6-15-16(11-14)25-18(20-15)21-7-9-23-10-8-21/h1-6,11H,7-10H2. The molecule has 0 saturated carbocycles. The third-order valence-electron chi connectivity index (χ3n) is 3.92. The number of benzene rings is 2. The van der Waals surface area contributed by atoms with Crippen molar-refractivity contribution in [2.45, 2.75) is 0 Å². The molecule has 3 aromatic rings. The number of fused-ring (bicyclic) bond motifs is 1. The maximum Gasteiger partial charge on any atom is 0.343 e. The van der Waals surface area contributed by atoms with Crippen LogP contribution in [0.1, 0.15) is 10.4 Å². The first-order valence-corrected chi connectivity index (χ1v) is 8.72. The molecule has 7 heteroatoms. The van der Waals surface area contributed by atoms with Crippen LogP contribution in [0, 0.1) is 5.82 Å². The zero-order valence-electron chi connectivity index (χ0n) is 13.3. The van der Waals surface area contributed by atoms with Crippen molar-refractivity contribution in [3.8, 4) is 5.75 Å². The minimum absolute atomic E-state index is 0.305. The molecule has 1 saturated heterocycles. The van der Waals surface area contributed by atoms with Gasteiger partial charge in [-0.15, -0.1) is 0 Å². The molecule has 1 aliphatic rings. The Balaban J connectivity index is 1.54. The van der Waals surface area contributed by atoms with Gasteiger partial charge in [0.25, 0.3) is 0 Å². The highest BCUT2D eigenvalue weighted by atomic mass is 32.1. The van der Waals surface area contributed by atoms with Crippen molar-refractivity contribution in [1.29, 1.82) is 0 Å². The first-order chi connectivity index (χ1) is 12.2. The van der Waals surface area contributed by atoms with Crippen LogP contribution in [0.5, 0.6) is 5.75 Å². The molecule has 4 rings (SSSR count). The smallest absolute Gasteiger partial charge is 0.343 e. The van der Waals surface area contributed by atoms with Gasteiger partial charge in [-0.05, 0) is 36.4 Å². The number of rotatable bonds is 3. The topological polar surface area (TPSA) is 51.7 Å². The zero-order chi connectivity index (χ0) is 17.2. The summed E-state index contributed by atoms with van der Waals surface area (Å²) < 4.78 is 24.6. The van der Waals surface area contributed by atoms with Crippen LogP contribution in [0.4, 0.5) is 9.52 Å². The summed E-state index contributed by atoms with van der Waals surface area (Å²) in [4.78, 5) is 19.0. The van der Waals surface area contributed by atoms with E-state index in [0.717, 1.165) is 28.4 Å². The van der Waals surface area contributed by atoms with Gasteiger partial charge >= 0.3 is 5.97 Å². The molecule has 0 spiro atoms. The second kappa shape index (κ2) is 6.78. The summed E-state index contributed by atoms with van der Waals surface area (Å²) in [5.74, 6) is -0.463. The summed E-state index contributed by atoms with van der Waals surface area (Å²) in [5, 5.41) is 0.945. The van der Waals surface area contributed by atoms with E-state index < -0.39 is 11.8 Å². The number of hydrogen-bond acceptors (Lipinski definition) is 6. The Kier molecular flexibility index (Phi) is 4.33. The molecule has 0 bridgehead atoms. The fourth-order valence-electron chi connectivity index (χ4n) is 2.60. The SMILES string of the molecule is O=C(Oc1ccc2nc(N3CCOCC3)sc2c1)c1ccc(F)cc1. The molecule has 0 atom stereocenters. The van der Waals surface area contributed by atoms with Crippen molar-refractivity contribution >= 4 is 32.7 Å². The third-order valence-corrected chi connectivity index (χ3v) is 5.00. The molecule has 0 radical (unpaired) electrons. The molecule has 1 aromatic heterocycles. The van der Waals surface area contributed by atoms with Crippen molar-refractivity contribution in [1.82, 2.24) is 4.98 Å². The lowest BCUT2D eigenvalue weighted by atomic mass is 10.2. The van der Waals surface area contributed by atoms with Crippen LogP contribution in [-0.2, 0) is 4.74 Å². The van der Waals surface area contributed by atoms with Gasteiger partial charge in [-0.1, -0.05) is 11.3 Å². The summed E-state index contributed by atoms with van der Waals surface area (Å²) >= 11 is 1.56. The number of thiazole rings is 1. The third kappa shape index (κ3) is 3.47. The van der Waals surface area contributed by atoms with Crippen molar-refractivity contribution in [2.75, 3.05) is 31.2 Å². The molecule has 1 aliphatic heterocycles. The van der Waals surface area contributed by atoms with Gasteiger partial charge in [0.05, 0.1) is 29.0 Å². The summed E-state index contributed by atoms with van der Waals surface area (Å²) in [7, 11) is 0. The fraction of sp³-hybridized carbons (Fsp3) is 0.222. The maximum absolute atomic E-state index is 12.9. The van der Waals surface area contributed by atoms with E-state index in [1.807, 2.05) is 6.07 Å². The van der Waals surface area contributed by atoms with E-state index in [2.05, 4.69) is 9.88 Å². The number of anilines is 1. The van der Waals surface area contributed by atoms with Gasteiger partial charge in [0.1, 0.15) is 11.6 Å². The Hall–Kier alpha value is -2.51. The van der Waals surface area contributed by atoms with Crippen LogP contribution in [0.2, 0.25) is 0 Å². The normalized spacial score (nSPS) is 14.7. The van der Waals surface area contributed by atoms with E-state index in [1.165, 1.54) is 24.3 Å². The Morgan fingerprint density at radius 1 is 1.16 bits per heavy atom. The molecule has 0 N–H and O–H groups in total. The van der Waals surface area contributed by atoms with E-state index in [1.54, 1.807) is 23.5 Å². The Morgan fingerprint density at radius 3 is 2.68 bits per heavy atom. The Morgan fingerprint density at radius 2 is 1.92 bits per heavy atom. The summed E-state index contributed by atoms with van der Waals surface area (Å²) in [6.45, 7) is 3.06. The minimum atomic E-state index is -0.516. The van der Waals surface area contributed by atoms with Gasteiger partial charge in [-0.3, -0.25) is 0 Å². The van der Waals surface area contributed by atoms with Gasteiger partial charge in [-0.2, -0.15) is 0 Å². The molecular formula is C18H15FN2O3S. The largest absolute Gasteiger partial charge is 0.423 e. The first-order valence-electron chi connectivity index (χ1n) is 7.90. The van der Waals surface area contributed by atoms with Crippen molar-refractivity contribution in [3.05, 3.63) is 53.8 Å². The molecule has 128 valence electrons. The van der Waals surface area contributed by atoms with Crippen LogP contribution in [0.25, 0.3) is 10.2 Å². The number of ether oxygens (including phenoxy) is 2. The van der Waals surface area contributed by atoms with Gasteiger partial charge in [-0.25, -0.2) is 14.2 Å². The van der Waals surface area contributed by atoms with E-state index >= 15 is 0 Å². The summed E-state index contributed by atoms with van der Waals surface area (Å²) in [5.41, 5.74) is 1.17. The maximum atomic E-state index is 12.9. The highest BCUT2D eigenvalue weighted by molar-refractivity contribution is 7.22. The second-order valence-electron chi connectivity index (χ2n) is 5.62. The number of nitrogens with zero attached hydrogens (tertiary/aromatic N) is 2. The van der Waals surface area contributed by atoms with Crippen molar-refractivity contribution < 1.29 is 18.7 Å². The first kappa shape index (κ1) is 16.0. The lowest BCUT2D eigenvalue weighted by Gasteiger charge is -2.25. The van der Waals surface area contributed by atoms with Gasteiger partial charge in [0.2, 0.25) is 0 Å². The number of carbonyl (C=O) groups excluding carboxylic acids is 1. The number of morpholine rings is 1. The predicted octanol–water partition coefficient (Wildman–Crippen LogP) is 3.49. The van der Waals surface area contributed by atoms with E-state index in [4.69, 9.17) is 9.47 Å². The van der Waals surface area contributed by atoms with Crippen LogP contribution in [0.3, 0.4) is 0 Å². The highest BCUT2D eigenvalue weighted by Gasteiger charge is 2.16. The number of aromatic nitrogens is 1. The lowest BCUT2D eigenvalue weighted by Crippen LogP contribution is -2.36. The van der Waals surface area contributed by atoms with E-state index in [0.29, 0.717) is 24.5 Å². The number of carbonyl (C=O) groups is 1. The summed E-state index contributed by atoms with van der Waals surface area (Å²) in [6, 6.07) is 10.6. The average molecular weight is 358 g/mol. The zero-order valence-corrected chi connectivity index (χ0v) is 14.1. The average Bonchev–Trinajstić information content (AvgIpc) is 3.06. The van der Waals surface area contributed by atoms with E-state index in [-0.39, 0.29) is 0 Å². The molecule has 0 aliphatic carbocycles. The number of esters is 1. The highest BCUT2D eigenvalue weighted by Crippen LogP contribution is 2.32. The molecule has 2 aromatic carbocycles. The lowest BCUT2D eigenvalue weighted by molar-refractivity contribution is 0.0735. The van der Waals surface area contributed by atoms with Gasteiger partial charge in [0.15, 0.2) is 5.13 Å². The number of halogens is 1. The predicted molar refractivity (Wildman–Crippen MR) is 94.0 cm³/mol. The van der Waals surface area contributed by atoms with Crippen LogP contribution in [-0.4, -0.2) is 37.3 Å². The molecule has 25 heavy (non-hydrogen) atoms. The number of hydrogen-bond donors (Lipinski definition) is 0.